The Morgan fingerprint density at radius 3 is 2.95 bits per heavy atom. The fourth-order valence-electron chi connectivity index (χ4n) is 2.94. The van der Waals surface area contributed by atoms with Crippen LogP contribution in [0, 0.1) is 0 Å². The lowest BCUT2D eigenvalue weighted by Crippen LogP contribution is -2.45. The highest BCUT2D eigenvalue weighted by Gasteiger charge is 2.20. The normalized spacial score (nSPS) is 17.0. The second kappa shape index (κ2) is 6.99. The van der Waals surface area contributed by atoms with Crippen LogP contribution in [0.3, 0.4) is 0 Å². The van der Waals surface area contributed by atoms with E-state index < -0.39 is 0 Å². The summed E-state index contributed by atoms with van der Waals surface area (Å²) in [4.78, 5) is 12.2. The highest BCUT2D eigenvalue weighted by molar-refractivity contribution is 7.17. The zero-order valence-electron chi connectivity index (χ0n) is 12.7. The summed E-state index contributed by atoms with van der Waals surface area (Å²) < 4.78 is 1.23. The van der Waals surface area contributed by atoms with E-state index in [2.05, 4.69) is 16.0 Å². The second-order valence-corrected chi connectivity index (χ2v) is 7.34. The number of amides is 1. The molecule has 1 fully saturated rings. The van der Waals surface area contributed by atoms with E-state index in [1.165, 1.54) is 28.5 Å². The maximum atomic E-state index is 12.2. The molecule has 1 aromatic heterocycles. The Kier molecular flexibility index (Phi) is 5.01. The predicted molar refractivity (Wildman–Crippen MR) is 93.5 cm³/mol. The molecule has 118 valence electrons. The molecule has 1 aliphatic carbocycles. The van der Waals surface area contributed by atoms with Gasteiger partial charge in [-0.05, 0) is 54.3 Å². The van der Waals surface area contributed by atoms with Crippen LogP contribution in [0.5, 0.6) is 0 Å². The molecule has 0 bridgehead atoms. The van der Waals surface area contributed by atoms with Crippen molar-refractivity contribution in [3.63, 3.8) is 0 Å². The van der Waals surface area contributed by atoms with Gasteiger partial charge in [-0.1, -0.05) is 24.4 Å². The summed E-state index contributed by atoms with van der Waals surface area (Å²) in [6.45, 7) is 2.60. The number of halogens is 1. The van der Waals surface area contributed by atoms with E-state index >= 15 is 0 Å². The highest BCUT2D eigenvalue weighted by atomic mass is 35.5. The zero-order valence-corrected chi connectivity index (χ0v) is 14.3. The molecule has 2 N–H and O–H groups in total. The summed E-state index contributed by atoms with van der Waals surface area (Å²) >= 11 is 7.79. The van der Waals surface area contributed by atoms with Crippen molar-refractivity contribution in [2.75, 3.05) is 0 Å². The first kappa shape index (κ1) is 15.8. The summed E-state index contributed by atoms with van der Waals surface area (Å²) in [6, 6.07) is 6.14. The van der Waals surface area contributed by atoms with Crippen LogP contribution >= 0.6 is 22.9 Å². The Labute approximate surface area is 140 Å². The van der Waals surface area contributed by atoms with E-state index in [4.69, 9.17) is 11.6 Å². The van der Waals surface area contributed by atoms with Gasteiger partial charge in [-0.2, -0.15) is 0 Å². The largest absolute Gasteiger partial charge is 0.352 e. The fourth-order valence-corrected chi connectivity index (χ4v) is 4.06. The third kappa shape index (κ3) is 3.62. The van der Waals surface area contributed by atoms with Crippen LogP contribution in [0.25, 0.3) is 10.1 Å². The minimum Gasteiger partial charge on any atom is -0.352 e. The fraction of sp³-hybridized carbons (Fsp3) is 0.471. The Bertz CT molecular complexity index is 664. The van der Waals surface area contributed by atoms with Crippen molar-refractivity contribution in [3.8, 4) is 0 Å². The molecule has 1 heterocycles. The van der Waals surface area contributed by atoms with Gasteiger partial charge in [-0.15, -0.1) is 11.3 Å². The topological polar surface area (TPSA) is 41.1 Å². The third-order valence-electron chi connectivity index (χ3n) is 4.31. The molecule has 3 rings (SSSR count). The lowest BCUT2D eigenvalue weighted by atomic mass is 10.1. The molecule has 0 saturated heterocycles. The molecule has 1 atom stereocenters. The van der Waals surface area contributed by atoms with Gasteiger partial charge in [0.2, 0.25) is 5.91 Å². The molecular formula is C17H21ClN2OS. The van der Waals surface area contributed by atoms with Gasteiger partial charge in [-0.3, -0.25) is 4.79 Å². The van der Waals surface area contributed by atoms with E-state index in [9.17, 15) is 4.79 Å². The lowest BCUT2D eigenvalue weighted by Gasteiger charge is -2.17. The monoisotopic (exact) mass is 336 g/mol. The Morgan fingerprint density at radius 2 is 2.18 bits per heavy atom. The first-order valence-electron chi connectivity index (χ1n) is 7.83. The summed E-state index contributed by atoms with van der Waals surface area (Å²) in [5, 5.41) is 10.5. The van der Waals surface area contributed by atoms with Crippen molar-refractivity contribution in [1.29, 1.82) is 0 Å². The number of rotatable bonds is 5. The molecule has 1 aromatic carbocycles. The van der Waals surface area contributed by atoms with Crippen molar-refractivity contribution < 1.29 is 4.79 Å². The molecule has 1 aliphatic rings. The third-order valence-corrected chi connectivity index (χ3v) is 5.56. The number of fused-ring (bicyclic) bond motifs is 1. The number of hydrogen-bond donors (Lipinski definition) is 2. The Morgan fingerprint density at radius 1 is 1.41 bits per heavy atom. The predicted octanol–water partition coefficient (Wildman–Crippen LogP) is 4.09. The number of hydrogen-bond acceptors (Lipinski definition) is 3. The smallest absolute Gasteiger partial charge is 0.237 e. The average molecular weight is 337 g/mol. The van der Waals surface area contributed by atoms with Gasteiger partial charge in [0.05, 0.1) is 6.04 Å². The van der Waals surface area contributed by atoms with Gasteiger partial charge in [0.1, 0.15) is 0 Å². The molecule has 3 nitrogen and oxygen atoms in total. The van der Waals surface area contributed by atoms with Crippen LogP contribution in [0.15, 0.2) is 23.6 Å². The molecule has 5 heteroatoms. The van der Waals surface area contributed by atoms with Crippen molar-refractivity contribution >= 4 is 38.9 Å². The Hall–Kier alpha value is -1.10. The molecule has 1 amide bonds. The minimum atomic E-state index is -0.185. The molecular weight excluding hydrogens is 316 g/mol. The maximum Gasteiger partial charge on any atom is 0.237 e. The van der Waals surface area contributed by atoms with E-state index in [1.807, 2.05) is 25.1 Å². The minimum absolute atomic E-state index is 0.101. The lowest BCUT2D eigenvalue weighted by molar-refractivity contribution is -0.123. The van der Waals surface area contributed by atoms with Gasteiger partial charge < -0.3 is 10.6 Å². The summed E-state index contributed by atoms with van der Waals surface area (Å²) in [7, 11) is 0. The van der Waals surface area contributed by atoms with Crippen molar-refractivity contribution in [3.05, 3.63) is 34.2 Å². The molecule has 22 heavy (non-hydrogen) atoms. The van der Waals surface area contributed by atoms with Crippen LogP contribution in [0.4, 0.5) is 0 Å². The van der Waals surface area contributed by atoms with Gasteiger partial charge in [0.25, 0.3) is 0 Å². The van der Waals surface area contributed by atoms with Gasteiger partial charge in [0.15, 0.2) is 0 Å². The van der Waals surface area contributed by atoms with E-state index in [-0.39, 0.29) is 11.9 Å². The van der Waals surface area contributed by atoms with Crippen LogP contribution in [-0.4, -0.2) is 18.0 Å². The van der Waals surface area contributed by atoms with Gasteiger partial charge in [-0.25, -0.2) is 0 Å². The quantitative estimate of drug-likeness (QED) is 0.863. The molecule has 0 unspecified atom stereocenters. The van der Waals surface area contributed by atoms with Gasteiger partial charge >= 0.3 is 0 Å². The molecule has 1 saturated carbocycles. The van der Waals surface area contributed by atoms with E-state index in [0.717, 1.165) is 17.9 Å². The molecule has 0 aliphatic heterocycles. The summed E-state index contributed by atoms with van der Waals surface area (Å²) in [5.74, 6) is 0.101. The number of nitrogens with one attached hydrogen (secondary N) is 2. The molecule has 2 aromatic rings. The standard InChI is InChI=1S/C17H21ClN2OS/c1-11(17(21)20-14-4-2-3-5-14)19-9-12-10-22-16-7-6-13(18)8-15(12)16/h6-8,10-11,14,19H,2-5,9H2,1H3,(H,20,21)/t11-/m1/s1. The van der Waals surface area contributed by atoms with Crippen LogP contribution in [0.1, 0.15) is 38.2 Å². The Balaban J connectivity index is 1.58. The van der Waals surface area contributed by atoms with Crippen molar-refractivity contribution in [2.45, 2.75) is 51.2 Å². The summed E-state index contributed by atoms with van der Waals surface area (Å²) in [5.41, 5.74) is 1.20. The SMILES string of the molecule is C[C@@H](NCc1csc2ccc(Cl)cc12)C(=O)NC1CCCC1. The zero-order chi connectivity index (χ0) is 15.5. The number of carbonyl (C=O) groups excluding carboxylic acids is 1. The average Bonchev–Trinajstić information content (AvgIpc) is 3.14. The number of carbonyl (C=O) groups is 1. The highest BCUT2D eigenvalue weighted by Crippen LogP contribution is 2.28. The number of benzene rings is 1. The maximum absolute atomic E-state index is 12.2. The van der Waals surface area contributed by atoms with Crippen LogP contribution < -0.4 is 10.6 Å². The molecule has 0 spiro atoms. The first-order valence-corrected chi connectivity index (χ1v) is 9.08. The summed E-state index contributed by atoms with van der Waals surface area (Å²) in [6.07, 6.45) is 4.70. The van der Waals surface area contributed by atoms with Crippen LogP contribution in [0.2, 0.25) is 5.02 Å². The van der Waals surface area contributed by atoms with Crippen molar-refractivity contribution in [2.24, 2.45) is 0 Å². The van der Waals surface area contributed by atoms with E-state index in [0.29, 0.717) is 12.6 Å². The van der Waals surface area contributed by atoms with Crippen LogP contribution in [-0.2, 0) is 11.3 Å². The second-order valence-electron chi connectivity index (χ2n) is 5.99. The number of thiophene rings is 1. The van der Waals surface area contributed by atoms with E-state index in [1.54, 1.807) is 11.3 Å². The van der Waals surface area contributed by atoms with Gasteiger partial charge in [0, 0.05) is 22.3 Å². The first-order chi connectivity index (χ1) is 10.6. The molecule has 0 radical (unpaired) electrons. The van der Waals surface area contributed by atoms with Crippen molar-refractivity contribution in [1.82, 2.24) is 10.6 Å².